The number of nitrogens with zero attached hydrogens (tertiary/aromatic N) is 3. The van der Waals surface area contributed by atoms with E-state index >= 15 is 0 Å². The van der Waals surface area contributed by atoms with E-state index in [4.69, 9.17) is 9.72 Å². The van der Waals surface area contributed by atoms with E-state index in [9.17, 15) is 0 Å². The zero-order valence-electron chi connectivity index (χ0n) is 15.0. The van der Waals surface area contributed by atoms with Crippen LogP contribution in [-0.2, 0) is 4.74 Å². The van der Waals surface area contributed by atoms with Gasteiger partial charge in [0.05, 0.1) is 13.2 Å². The Morgan fingerprint density at radius 1 is 1.12 bits per heavy atom. The van der Waals surface area contributed by atoms with Crippen molar-refractivity contribution in [3.8, 4) is 0 Å². The third-order valence-corrected chi connectivity index (χ3v) is 4.34. The molecule has 1 aromatic heterocycles. The van der Waals surface area contributed by atoms with Crippen LogP contribution in [0.5, 0.6) is 0 Å². The van der Waals surface area contributed by atoms with Gasteiger partial charge in [-0.25, -0.2) is 4.98 Å². The summed E-state index contributed by atoms with van der Waals surface area (Å²) in [7, 11) is 0. The second kappa shape index (κ2) is 7.18. The van der Waals surface area contributed by atoms with Gasteiger partial charge >= 0.3 is 0 Å². The fourth-order valence-electron chi connectivity index (χ4n) is 3.02. The van der Waals surface area contributed by atoms with Crippen molar-refractivity contribution < 1.29 is 4.74 Å². The van der Waals surface area contributed by atoms with Crippen LogP contribution in [0.25, 0.3) is 0 Å². The van der Waals surface area contributed by atoms with Gasteiger partial charge in [0.1, 0.15) is 5.82 Å². The lowest BCUT2D eigenvalue weighted by atomic mass is 9.98. The van der Waals surface area contributed by atoms with Crippen molar-refractivity contribution >= 4 is 17.5 Å². The Hall–Kier alpha value is -2.14. The first kappa shape index (κ1) is 16.7. The predicted molar refractivity (Wildman–Crippen MR) is 98.4 cm³/mol. The highest BCUT2D eigenvalue weighted by Gasteiger charge is 2.15. The van der Waals surface area contributed by atoms with E-state index in [1.54, 1.807) is 0 Å². The molecule has 0 bridgehead atoms. The lowest BCUT2D eigenvalue weighted by Gasteiger charge is -2.28. The third kappa shape index (κ3) is 3.67. The molecule has 128 valence electrons. The Labute approximate surface area is 144 Å². The zero-order chi connectivity index (χ0) is 17.1. The first-order chi connectivity index (χ1) is 11.5. The summed E-state index contributed by atoms with van der Waals surface area (Å²) < 4.78 is 5.43. The van der Waals surface area contributed by atoms with Gasteiger partial charge in [0.2, 0.25) is 5.95 Å². The van der Waals surface area contributed by atoms with E-state index < -0.39 is 0 Å². The maximum absolute atomic E-state index is 5.43. The second-order valence-corrected chi connectivity index (χ2v) is 6.61. The molecule has 2 aromatic rings. The first-order valence-electron chi connectivity index (χ1n) is 8.59. The van der Waals surface area contributed by atoms with Gasteiger partial charge in [-0.1, -0.05) is 32.0 Å². The highest BCUT2D eigenvalue weighted by molar-refractivity contribution is 5.65. The molecule has 1 saturated heterocycles. The smallest absolute Gasteiger partial charge is 0.229 e. The molecule has 5 heteroatoms. The lowest BCUT2D eigenvalue weighted by molar-refractivity contribution is 0.122. The lowest BCUT2D eigenvalue weighted by Crippen LogP contribution is -2.36. The third-order valence-electron chi connectivity index (χ3n) is 4.34. The van der Waals surface area contributed by atoms with Crippen molar-refractivity contribution in [2.75, 3.05) is 36.5 Å². The molecule has 0 aliphatic carbocycles. The minimum Gasteiger partial charge on any atom is -0.378 e. The maximum Gasteiger partial charge on any atom is 0.229 e. The quantitative estimate of drug-likeness (QED) is 0.926. The number of aromatic nitrogens is 2. The Morgan fingerprint density at radius 2 is 1.88 bits per heavy atom. The summed E-state index contributed by atoms with van der Waals surface area (Å²) in [6.07, 6.45) is 0. The molecule has 0 radical (unpaired) electrons. The number of rotatable bonds is 4. The standard InChI is InChI=1S/C19H26N4O/c1-13(2)16-7-5-6-14(3)18(16)22-19-20-15(4)12-17(21-19)23-8-10-24-11-9-23/h5-7,12-13H,8-11H2,1-4H3,(H,20,21,22). The highest BCUT2D eigenvalue weighted by atomic mass is 16.5. The molecule has 24 heavy (non-hydrogen) atoms. The molecule has 1 fully saturated rings. The summed E-state index contributed by atoms with van der Waals surface area (Å²) in [6, 6.07) is 8.43. The van der Waals surface area contributed by atoms with Crippen LogP contribution in [0.1, 0.15) is 36.6 Å². The van der Waals surface area contributed by atoms with Crippen LogP contribution < -0.4 is 10.2 Å². The molecule has 1 aliphatic rings. The van der Waals surface area contributed by atoms with Crippen molar-refractivity contribution in [3.05, 3.63) is 41.1 Å². The van der Waals surface area contributed by atoms with Gasteiger partial charge in [0, 0.05) is 30.5 Å². The molecule has 1 N–H and O–H groups in total. The first-order valence-corrected chi connectivity index (χ1v) is 8.59. The van der Waals surface area contributed by atoms with E-state index in [2.05, 4.69) is 54.2 Å². The van der Waals surface area contributed by atoms with Gasteiger partial charge in [-0.15, -0.1) is 0 Å². The Kier molecular flexibility index (Phi) is 5.00. The summed E-state index contributed by atoms with van der Waals surface area (Å²) in [5, 5.41) is 3.46. The van der Waals surface area contributed by atoms with E-state index in [0.29, 0.717) is 11.9 Å². The monoisotopic (exact) mass is 326 g/mol. The number of ether oxygens (including phenoxy) is 1. The molecule has 0 unspecified atom stereocenters. The van der Waals surface area contributed by atoms with Gasteiger partial charge in [-0.05, 0) is 30.9 Å². The number of nitrogens with one attached hydrogen (secondary N) is 1. The minimum absolute atomic E-state index is 0.441. The number of para-hydroxylation sites is 1. The molecule has 0 amide bonds. The number of hydrogen-bond donors (Lipinski definition) is 1. The summed E-state index contributed by atoms with van der Waals surface area (Å²) in [5.74, 6) is 2.07. The van der Waals surface area contributed by atoms with Crippen LogP contribution in [0.15, 0.2) is 24.3 Å². The van der Waals surface area contributed by atoms with Gasteiger partial charge in [-0.3, -0.25) is 0 Å². The van der Waals surface area contributed by atoms with Crippen molar-refractivity contribution in [2.24, 2.45) is 0 Å². The van der Waals surface area contributed by atoms with Crippen LogP contribution in [0.2, 0.25) is 0 Å². The van der Waals surface area contributed by atoms with E-state index in [1.807, 2.05) is 13.0 Å². The van der Waals surface area contributed by atoms with Gasteiger partial charge in [-0.2, -0.15) is 4.98 Å². The minimum atomic E-state index is 0.441. The van der Waals surface area contributed by atoms with Crippen LogP contribution in [-0.4, -0.2) is 36.3 Å². The molecular weight excluding hydrogens is 300 g/mol. The van der Waals surface area contributed by atoms with Crippen molar-refractivity contribution in [1.29, 1.82) is 0 Å². The number of morpholine rings is 1. The normalized spacial score (nSPS) is 15.0. The summed E-state index contributed by atoms with van der Waals surface area (Å²) in [5.41, 5.74) is 4.58. The molecule has 2 heterocycles. The second-order valence-electron chi connectivity index (χ2n) is 6.61. The molecule has 0 saturated carbocycles. The van der Waals surface area contributed by atoms with E-state index in [1.165, 1.54) is 11.1 Å². The van der Waals surface area contributed by atoms with Gasteiger partial charge in [0.15, 0.2) is 0 Å². The Balaban J connectivity index is 1.92. The van der Waals surface area contributed by atoms with Crippen molar-refractivity contribution in [3.63, 3.8) is 0 Å². The average molecular weight is 326 g/mol. The summed E-state index contributed by atoms with van der Waals surface area (Å²) >= 11 is 0. The number of hydrogen-bond acceptors (Lipinski definition) is 5. The van der Waals surface area contributed by atoms with Gasteiger partial charge < -0.3 is 15.0 Å². The largest absolute Gasteiger partial charge is 0.378 e. The van der Waals surface area contributed by atoms with Crippen LogP contribution in [0, 0.1) is 13.8 Å². The SMILES string of the molecule is Cc1cc(N2CCOCC2)nc(Nc2c(C)cccc2C(C)C)n1. The molecule has 5 nitrogen and oxygen atoms in total. The summed E-state index contributed by atoms with van der Waals surface area (Å²) in [6.45, 7) is 11.8. The Morgan fingerprint density at radius 3 is 2.58 bits per heavy atom. The van der Waals surface area contributed by atoms with Crippen LogP contribution in [0.3, 0.4) is 0 Å². The molecule has 1 aliphatic heterocycles. The van der Waals surface area contributed by atoms with E-state index in [0.717, 1.165) is 43.5 Å². The maximum atomic E-state index is 5.43. The van der Waals surface area contributed by atoms with Crippen LogP contribution >= 0.6 is 0 Å². The molecule has 0 spiro atoms. The topological polar surface area (TPSA) is 50.3 Å². The molecule has 3 rings (SSSR count). The Bertz CT molecular complexity index is 709. The fraction of sp³-hybridized carbons (Fsp3) is 0.474. The number of anilines is 3. The van der Waals surface area contributed by atoms with Crippen molar-refractivity contribution in [2.45, 2.75) is 33.6 Å². The zero-order valence-corrected chi connectivity index (χ0v) is 15.0. The van der Waals surface area contributed by atoms with Crippen molar-refractivity contribution in [1.82, 2.24) is 9.97 Å². The van der Waals surface area contributed by atoms with Gasteiger partial charge in [0.25, 0.3) is 0 Å². The molecular formula is C19H26N4O. The van der Waals surface area contributed by atoms with Crippen LogP contribution in [0.4, 0.5) is 17.5 Å². The molecule has 1 aromatic carbocycles. The molecule has 0 atom stereocenters. The average Bonchev–Trinajstić information content (AvgIpc) is 2.57. The van der Waals surface area contributed by atoms with E-state index in [-0.39, 0.29) is 0 Å². The number of aryl methyl sites for hydroxylation is 2. The fourth-order valence-corrected chi connectivity index (χ4v) is 3.02. The summed E-state index contributed by atoms with van der Waals surface area (Å²) in [4.78, 5) is 11.6. The highest BCUT2D eigenvalue weighted by Crippen LogP contribution is 2.30. The number of benzene rings is 1. The predicted octanol–water partition coefficient (Wildman–Crippen LogP) is 3.80.